The fourth-order valence-electron chi connectivity index (χ4n) is 2.02. The lowest BCUT2D eigenvalue weighted by atomic mass is 9.73. The van der Waals surface area contributed by atoms with Crippen molar-refractivity contribution in [1.29, 1.82) is 0 Å². The van der Waals surface area contributed by atoms with Gasteiger partial charge in [-0.25, -0.2) is 0 Å². The standard InChI is InChI=1S/C11H21N/c1-11(2)8-4-3-6-10(11)7-5-9-12/h7H,3-6,8-9,12H2,1-2H3. The molecule has 0 bridgehead atoms. The molecule has 0 aromatic rings. The van der Waals surface area contributed by atoms with Crippen molar-refractivity contribution in [2.75, 3.05) is 6.54 Å². The highest BCUT2D eigenvalue weighted by atomic mass is 14.5. The van der Waals surface area contributed by atoms with E-state index in [1.807, 2.05) is 0 Å². The van der Waals surface area contributed by atoms with Gasteiger partial charge < -0.3 is 5.73 Å². The SMILES string of the molecule is CC1(C)CCCCC1=CCCN. The highest BCUT2D eigenvalue weighted by Gasteiger charge is 2.25. The predicted octanol–water partition coefficient (Wildman–Crippen LogP) is 2.86. The van der Waals surface area contributed by atoms with Gasteiger partial charge in [0.15, 0.2) is 0 Å². The molecule has 12 heavy (non-hydrogen) atoms. The minimum absolute atomic E-state index is 0.452. The van der Waals surface area contributed by atoms with Crippen LogP contribution in [-0.4, -0.2) is 6.54 Å². The molecule has 0 radical (unpaired) electrons. The van der Waals surface area contributed by atoms with Gasteiger partial charge in [-0.2, -0.15) is 0 Å². The van der Waals surface area contributed by atoms with Crippen LogP contribution in [0.4, 0.5) is 0 Å². The Morgan fingerprint density at radius 2 is 2.17 bits per heavy atom. The first-order valence-corrected chi connectivity index (χ1v) is 5.06. The number of rotatable bonds is 2. The Balaban J connectivity index is 2.59. The van der Waals surface area contributed by atoms with Crippen LogP contribution in [0.1, 0.15) is 46.0 Å². The average molecular weight is 167 g/mol. The van der Waals surface area contributed by atoms with Crippen molar-refractivity contribution in [1.82, 2.24) is 0 Å². The third kappa shape index (κ3) is 2.34. The fourth-order valence-corrected chi connectivity index (χ4v) is 2.02. The van der Waals surface area contributed by atoms with Gasteiger partial charge in [0.05, 0.1) is 0 Å². The van der Waals surface area contributed by atoms with E-state index in [2.05, 4.69) is 19.9 Å². The number of hydrogen-bond acceptors (Lipinski definition) is 1. The molecular weight excluding hydrogens is 146 g/mol. The minimum atomic E-state index is 0.452. The van der Waals surface area contributed by atoms with E-state index in [1.54, 1.807) is 5.57 Å². The lowest BCUT2D eigenvalue weighted by Crippen LogP contribution is -2.19. The molecule has 1 rings (SSSR count). The summed E-state index contributed by atoms with van der Waals surface area (Å²) in [7, 11) is 0. The fraction of sp³-hybridized carbons (Fsp3) is 0.818. The molecule has 1 saturated carbocycles. The Kier molecular flexibility index (Phi) is 3.33. The van der Waals surface area contributed by atoms with Crippen LogP contribution in [0.3, 0.4) is 0 Å². The molecule has 0 spiro atoms. The van der Waals surface area contributed by atoms with E-state index in [-0.39, 0.29) is 0 Å². The van der Waals surface area contributed by atoms with Crippen molar-refractivity contribution in [3.05, 3.63) is 11.6 Å². The first-order valence-electron chi connectivity index (χ1n) is 5.06. The molecule has 1 aliphatic rings. The molecule has 0 unspecified atom stereocenters. The quantitative estimate of drug-likeness (QED) is 0.629. The molecule has 0 atom stereocenters. The predicted molar refractivity (Wildman–Crippen MR) is 54.0 cm³/mol. The molecule has 0 aromatic carbocycles. The van der Waals surface area contributed by atoms with E-state index in [0.29, 0.717) is 5.41 Å². The summed E-state index contributed by atoms with van der Waals surface area (Å²) >= 11 is 0. The number of allylic oxidation sites excluding steroid dienone is 1. The Labute approximate surface area is 76.0 Å². The summed E-state index contributed by atoms with van der Waals surface area (Å²) in [6, 6.07) is 0. The number of nitrogens with two attached hydrogens (primary N) is 1. The van der Waals surface area contributed by atoms with Crippen LogP contribution in [0.5, 0.6) is 0 Å². The molecule has 2 N–H and O–H groups in total. The van der Waals surface area contributed by atoms with Crippen LogP contribution in [0, 0.1) is 5.41 Å². The van der Waals surface area contributed by atoms with Crippen molar-refractivity contribution in [2.24, 2.45) is 11.1 Å². The smallest absolute Gasteiger partial charge is 0.00425 e. The second-order valence-corrected chi connectivity index (χ2v) is 4.40. The van der Waals surface area contributed by atoms with Crippen molar-refractivity contribution in [2.45, 2.75) is 46.0 Å². The zero-order chi connectivity index (χ0) is 9.03. The molecule has 0 amide bonds. The van der Waals surface area contributed by atoms with Crippen molar-refractivity contribution in [3.63, 3.8) is 0 Å². The average Bonchev–Trinajstić information content (AvgIpc) is 2.02. The lowest BCUT2D eigenvalue weighted by Gasteiger charge is -2.33. The van der Waals surface area contributed by atoms with E-state index in [9.17, 15) is 0 Å². The monoisotopic (exact) mass is 167 g/mol. The van der Waals surface area contributed by atoms with Crippen LogP contribution in [0.25, 0.3) is 0 Å². The molecule has 1 nitrogen and oxygen atoms in total. The van der Waals surface area contributed by atoms with Gasteiger partial charge in [0, 0.05) is 0 Å². The highest BCUT2D eigenvalue weighted by molar-refractivity contribution is 5.14. The Bertz CT molecular complexity index is 168. The van der Waals surface area contributed by atoms with Crippen molar-refractivity contribution in [3.8, 4) is 0 Å². The Morgan fingerprint density at radius 1 is 1.42 bits per heavy atom. The Morgan fingerprint density at radius 3 is 2.75 bits per heavy atom. The van der Waals surface area contributed by atoms with Crippen molar-refractivity contribution < 1.29 is 0 Å². The molecule has 70 valence electrons. The van der Waals surface area contributed by atoms with Gasteiger partial charge in [0.25, 0.3) is 0 Å². The van der Waals surface area contributed by atoms with Crippen LogP contribution in [-0.2, 0) is 0 Å². The summed E-state index contributed by atoms with van der Waals surface area (Å²) in [4.78, 5) is 0. The number of hydrogen-bond donors (Lipinski definition) is 1. The summed E-state index contributed by atoms with van der Waals surface area (Å²) in [5.74, 6) is 0. The topological polar surface area (TPSA) is 26.0 Å². The van der Waals surface area contributed by atoms with E-state index in [1.165, 1.54) is 25.7 Å². The Hall–Kier alpha value is -0.300. The molecule has 0 aromatic heterocycles. The van der Waals surface area contributed by atoms with Gasteiger partial charge >= 0.3 is 0 Å². The van der Waals surface area contributed by atoms with Crippen LogP contribution < -0.4 is 5.73 Å². The first-order chi connectivity index (χ1) is 5.67. The molecule has 0 aliphatic heterocycles. The van der Waals surface area contributed by atoms with Gasteiger partial charge in [-0.05, 0) is 37.6 Å². The lowest BCUT2D eigenvalue weighted by molar-refractivity contribution is 0.335. The van der Waals surface area contributed by atoms with Crippen LogP contribution in [0.15, 0.2) is 11.6 Å². The normalized spacial score (nSPS) is 26.1. The molecule has 0 saturated heterocycles. The summed E-state index contributed by atoms with van der Waals surface area (Å²) in [6.45, 7) is 5.50. The first kappa shape index (κ1) is 9.79. The van der Waals surface area contributed by atoms with E-state index >= 15 is 0 Å². The van der Waals surface area contributed by atoms with Gasteiger partial charge in [0.2, 0.25) is 0 Å². The third-order valence-electron chi connectivity index (χ3n) is 2.92. The summed E-state index contributed by atoms with van der Waals surface area (Å²) in [5, 5.41) is 0. The maximum atomic E-state index is 5.49. The second-order valence-electron chi connectivity index (χ2n) is 4.40. The zero-order valence-corrected chi connectivity index (χ0v) is 8.40. The van der Waals surface area contributed by atoms with Crippen LogP contribution >= 0.6 is 0 Å². The van der Waals surface area contributed by atoms with Gasteiger partial charge in [-0.1, -0.05) is 31.9 Å². The summed E-state index contributed by atoms with van der Waals surface area (Å²) < 4.78 is 0. The maximum absolute atomic E-state index is 5.49. The summed E-state index contributed by atoms with van der Waals surface area (Å²) in [6.07, 6.45) is 8.83. The van der Waals surface area contributed by atoms with Gasteiger partial charge in [0.1, 0.15) is 0 Å². The van der Waals surface area contributed by atoms with E-state index < -0.39 is 0 Å². The van der Waals surface area contributed by atoms with Crippen LogP contribution in [0.2, 0.25) is 0 Å². The highest BCUT2D eigenvalue weighted by Crippen LogP contribution is 2.39. The molecule has 1 fully saturated rings. The minimum Gasteiger partial charge on any atom is -0.330 e. The largest absolute Gasteiger partial charge is 0.330 e. The maximum Gasteiger partial charge on any atom is -0.00425 e. The van der Waals surface area contributed by atoms with Gasteiger partial charge in [-0.3, -0.25) is 0 Å². The van der Waals surface area contributed by atoms with Gasteiger partial charge in [-0.15, -0.1) is 0 Å². The molecule has 0 heterocycles. The van der Waals surface area contributed by atoms with E-state index in [4.69, 9.17) is 5.73 Å². The second kappa shape index (κ2) is 4.08. The molecular formula is C11H21N. The van der Waals surface area contributed by atoms with E-state index in [0.717, 1.165) is 13.0 Å². The zero-order valence-electron chi connectivity index (χ0n) is 8.40. The third-order valence-corrected chi connectivity index (χ3v) is 2.92. The van der Waals surface area contributed by atoms with Crippen molar-refractivity contribution >= 4 is 0 Å². The molecule has 1 aliphatic carbocycles. The summed E-state index contributed by atoms with van der Waals surface area (Å²) in [5.41, 5.74) is 7.58. The molecule has 1 heteroatoms.